The van der Waals surface area contributed by atoms with E-state index in [-0.39, 0.29) is 18.2 Å². The van der Waals surface area contributed by atoms with Crippen LogP contribution in [0, 0.1) is 0 Å². The van der Waals surface area contributed by atoms with Crippen molar-refractivity contribution in [2.45, 2.75) is 44.4 Å². The molecule has 7 heteroatoms. The van der Waals surface area contributed by atoms with Crippen molar-refractivity contribution in [1.29, 1.82) is 0 Å². The Morgan fingerprint density at radius 1 is 1.27 bits per heavy atom. The molecule has 6 nitrogen and oxygen atoms in total. The summed E-state index contributed by atoms with van der Waals surface area (Å²) < 4.78 is 25.1. The molecule has 0 radical (unpaired) electrons. The number of rotatable bonds is 7. The Morgan fingerprint density at radius 3 is 2.81 bits per heavy atom. The topological polar surface area (TPSA) is 81.1 Å². The SMILES string of the molecule is CS(=O)(=O)Cc1nc2ccccc2n1CC(=O)NCCC1=CCCCC1. The van der Waals surface area contributed by atoms with Gasteiger partial charge in [-0.25, -0.2) is 13.4 Å². The summed E-state index contributed by atoms with van der Waals surface area (Å²) in [6, 6.07) is 7.39. The smallest absolute Gasteiger partial charge is 0.240 e. The van der Waals surface area contributed by atoms with Crippen LogP contribution in [0.4, 0.5) is 0 Å². The van der Waals surface area contributed by atoms with Crippen molar-refractivity contribution < 1.29 is 13.2 Å². The molecule has 2 aromatic rings. The first-order valence-electron chi connectivity index (χ1n) is 8.99. The molecule has 0 aliphatic heterocycles. The fourth-order valence-corrected chi connectivity index (χ4v) is 4.03. The maximum absolute atomic E-state index is 12.4. The molecule has 3 rings (SSSR count). The van der Waals surface area contributed by atoms with Crippen LogP contribution in [-0.4, -0.2) is 36.7 Å². The van der Waals surface area contributed by atoms with Crippen molar-refractivity contribution in [3.8, 4) is 0 Å². The van der Waals surface area contributed by atoms with Crippen LogP contribution in [-0.2, 0) is 26.9 Å². The van der Waals surface area contributed by atoms with E-state index >= 15 is 0 Å². The average Bonchev–Trinajstić information content (AvgIpc) is 2.91. The molecule has 0 bridgehead atoms. The summed E-state index contributed by atoms with van der Waals surface area (Å²) in [6.07, 6.45) is 9.09. The number of amides is 1. The van der Waals surface area contributed by atoms with Crippen LogP contribution in [0.2, 0.25) is 0 Å². The van der Waals surface area contributed by atoms with Crippen LogP contribution in [0.25, 0.3) is 11.0 Å². The number of sulfone groups is 1. The van der Waals surface area contributed by atoms with Crippen molar-refractivity contribution in [2.75, 3.05) is 12.8 Å². The second kappa shape index (κ2) is 8.03. The Morgan fingerprint density at radius 2 is 2.08 bits per heavy atom. The Kier molecular flexibility index (Phi) is 5.76. The Balaban J connectivity index is 1.69. The van der Waals surface area contributed by atoms with Crippen LogP contribution < -0.4 is 5.32 Å². The lowest BCUT2D eigenvalue weighted by atomic mass is 9.97. The zero-order valence-electron chi connectivity index (χ0n) is 15.1. The van der Waals surface area contributed by atoms with Crippen LogP contribution in [0.15, 0.2) is 35.9 Å². The van der Waals surface area contributed by atoms with E-state index in [9.17, 15) is 13.2 Å². The van der Waals surface area contributed by atoms with E-state index in [1.807, 2.05) is 24.3 Å². The van der Waals surface area contributed by atoms with Gasteiger partial charge >= 0.3 is 0 Å². The predicted octanol–water partition coefficient (Wildman–Crippen LogP) is 2.59. The molecule has 140 valence electrons. The molecule has 0 spiro atoms. The number of allylic oxidation sites excluding steroid dienone is 1. The van der Waals surface area contributed by atoms with Crippen LogP contribution in [0.1, 0.15) is 37.9 Å². The first kappa shape index (κ1) is 18.6. The molecule has 0 saturated heterocycles. The number of nitrogens with zero attached hydrogens (tertiary/aromatic N) is 2. The lowest BCUT2D eigenvalue weighted by molar-refractivity contribution is -0.121. The first-order valence-corrected chi connectivity index (χ1v) is 11.0. The summed E-state index contributed by atoms with van der Waals surface area (Å²) in [5.41, 5.74) is 2.89. The van der Waals surface area contributed by atoms with Gasteiger partial charge in [-0.15, -0.1) is 0 Å². The van der Waals surface area contributed by atoms with Gasteiger partial charge in [-0.3, -0.25) is 4.79 Å². The third-order valence-corrected chi connectivity index (χ3v) is 5.36. The molecular formula is C19H25N3O3S. The molecular weight excluding hydrogens is 350 g/mol. The van der Waals surface area contributed by atoms with E-state index in [1.54, 1.807) is 4.57 Å². The van der Waals surface area contributed by atoms with Gasteiger partial charge in [0.2, 0.25) is 5.91 Å². The summed E-state index contributed by atoms with van der Waals surface area (Å²) >= 11 is 0. The molecule has 0 saturated carbocycles. The van der Waals surface area contributed by atoms with Gasteiger partial charge in [-0.1, -0.05) is 23.8 Å². The maximum atomic E-state index is 12.4. The zero-order chi connectivity index (χ0) is 18.6. The van der Waals surface area contributed by atoms with Gasteiger partial charge < -0.3 is 9.88 Å². The Hall–Kier alpha value is -2.15. The van der Waals surface area contributed by atoms with Gasteiger partial charge in [0.05, 0.1) is 11.0 Å². The highest BCUT2D eigenvalue weighted by Crippen LogP contribution is 2.20. The Labute approximate surface area is 154 Å². The number of carbonyl (C=O) groups is 1. The minimum atomic E-state index is -3.24. The molecule has 1 amide bonds. The number of benzene rings is 1. The van der Waals surface area contributed by atoms with Crippen molar-refractivity contribution in [1.82, 2.24) is 14.9 Å². The number of hydrogen-bond acceptors (Lipinski definition) is 4. The number of nitrogens with one attached hydrogen (secondary N) is 1. The summed E-state index contributed by atoms with van der Waals surface area (Å²) in [5, 5.41) is 2.95. The van der Waals surface area contributed by atoms with Crippen molar-refractivity contribution >= 4 is 26.8 Å². The third-order valence-electron chi connectivity index (χ3n) is 4.58. The number of aromatic nitrogens is 2. The summed E-state index contributed by atoms with van der Waals surface area (Å²) in [4.78, 5) is 16.8. The van der Waals surface area contributed by atoms with E-state index in [0.29, 0.717) is 17.9 Å². The largest absolute Gasteiger partial charge is 0.354 e. The van der Waals surface area contributed by atoms with E-state index < -0.39 is 9.84 Å². The highest BCUT2D eigenvalue weighted by Gasteiger charge is 2.17. The van der Waals surface area contributed by atoms with E-state index in [0.717, 1.165) is 24.8 Å². The maximum Gasteiger partial charge on any atom is 0.240 e. The fraction of sp³-hybridized carbons (Fsp3) is 0.474. The second-order valence-electron chi connectivity index (χ2n) is 6.88. The molecule has 1 aliphatic rings. The van der Waals surface area contributed by atoms with Gasteiger partial charge in [0.1, 0.15) is 18.1 Å². The molecule has 0 atom stereocenters. The third kappa shape index (κ3) is 4.94. The van der Waals surface area contributed by atoms with Gasteiger partial charge in [-0.05, 0) is 44.2 Å². The summed E-state index contributed by atoms with van der Waals surface area (Å²) in [6.45, 7) is 0.684. The summed E-state index contributed by atoms with van der Waals surface area (Å²) in [7, 11) is -3.24. The highest BCUT2D eigenvalue weighted by atomic mass is 32.2. The standard InChI is InChI=1S/C19H25N3O3S/c1-26(24,25)14-18-21-16-9-5-6-10-17(16)22(18)13-19(23)20-12-11-15-7-3-2-4-8-15/h5-7,9-10H,2-4,8,11-14H2,1H3,(H,20,23). The molecule has 1 aromatic carbocycles. The van der Waals surface area contributed by atoms with Gasteiger partial charge in [-0.2, -0.15) is 0 Å². The fourth-order valence-electron chi connectivity index (χ4n) is 3.34. The van der Waals surface area contributed by atoms with Crippen molar-refractivity contribution in [2.24, 2.45) is 0 Å². The number of para-hydroxylation sites is 2. The summed E-state index contributed by atoms with van der Waals surface area (Å²) in [5.74, 6) is 0.0973. The molecule has 1 N–H and O–H groups in total. The van der Waals surface area contributed by atoms with Gasteiger partial charge in [0.15, 0.2) is 9.84 Å². The second-order valence-corrected chi connectivity index (χ2v) is 9.02. The number of fused-ring (bicyclic) bond motifs is 1. The van der Waals surface area contributed by atoms with Crippen molar-refractivity contribution in [3.05, 3.63) is 41.7 Å². The number of imidazole rings is 1. The van der Waals surface area contributed by atoms with Crippen LogP contribution >= 0.6 is 0 Å². The number of carbonyl (C=O) groups excluding carboxylic acids is 1. The zero-order valence-corrected chi connectivity index (χ0v) is 15.9. The van der Waals surface area contributed by atoms with E-state index in [2.05, 4.69) is 16.4 Å². The van der Waals surface area contributed by atoms with Crippen molar-refractivity contribution in [3.63, 3.8) is 0 Å². The predicted molar refractivity (Wildman–Crippen MR) is 102 cm³/mol. The van der Waals surface area contributed by atoms with Gasteiger partial charge in [0.25, 0.3) is 0 Å². The lowest BCUT2D eigenvalue weighted by Gasteiger charge is -2.13. The molecule has 0 unspecified atom stereocenters. The van der Waals surface area contributed by atoms with Crippen LogP contribution in [0.3, 0.4) is 0 Å². The minimum absolute atomic E-state index is 0.0738. The molecule has 1 aromatic heterocycles. The quantitative estimate of drug-likeness (QED) is 0.754. The average molecular weight is 375 g/mol. The molecule has 26 heavy (non-hydrogen) atoms. The van der Waals surface area contributed by atoms with E-state index in [4.69, 9.17) is 0 Å². The lowest BCUT2D eigenvalue weighted by Crippen LogP contribution is -2.29. The normalized spacial score (nSPS) is 15.0. The Bertz CT molecular complexity index is 929. The molecule has 0 fully saturated rings. The number of hydrogen-bond donors (Lipinski definition) is 1. The minimum Gasteiger partial charge on any atom is -0.354 e. The monoisotopic (exact) mass is 375 g/mol. The van der Waals surface area contributed by atoms with Crippen LogP contribution in [0.5, 0.6) is 0 Å². The molecule has 1 heterocycles. The van der Waals surface area contributed by atoms with Gasteiger partial charge in [0, 0.05) is 12.8 Å². The molecule has 1 aliphatic carbocycles. The highest BCUT2D eigenvalue weighted by molar-refractivity contribution is 7.89. The van der Waals surface area contributed by atoms with E-state index in [1.165, 1.54) is 24.7 Å². The first-order chi connectivity index (χ1) is 12.4.